The van der Waals surface area contributed by atoms with Crippen molar-refractivity contribution in [1.29, 1.82) is 0 Å². The largest absolute Gasteiger partial charge is 0.381 e. The van der Waals surface area contributed by atoms with E-state index < -0.39 is 0 Å². The number of carbonyl (C=O) groups is 2. The van der Waals surface area contributed by atoms with Crippen LogP contribution in [-0.4, -0.2) is 36.5 Å². The molecule has 5 heteroatoms. The highest BCUT2D eigenvalue weighted by Crippen LogP contribution is 2.32. The molecule has 0 aliphatic carbocycles. The summed E-state index contributed by atoms with van der Waals surface area (Å²) in [6.07, 6.45) is 2.73. The van der Waals surface area contributed by atoms with Gasteiger partial charge in [-0.2, -0.15) is 0 Å². The second-order valence-corrected chi connectivity index (χ2v) is 8.07. The van der Waals surface area contributed by atoms with Gasteiger partial charge in [0.15, 0.2) is 0 Å². The maximum Gasteiger partial charge on any atom is 0.278 e. The van der Waals surface area contributed by atoms with Gasteiger partial charge in [-0.25, -0.2) is 0 Å². The van der Waals surface area contributed by atoms with E-state index in [1.54, 1.807) is 0 Å². The fourth-order valence-corrected chi connectivity index (χ4v) is 3.58. The number of anilines is 1. The van der Waals surface area contributed by atoms with Gasteiger partial charge in [0.1, 0.15) is 5.70 Å². The van der Waals surface area contributed by atoms with Crippen LogP contribution < -0.4 is 5.32 Å². The number of imide groups is 1. The van der Waals surface area contributed by atoms with Crippen molar-refractivity contribution in [1.82, 2.24) is 4.90 Å². The maximum atomic E-state index is 13.3. The van der Waals surface area contributed by atoms with Gasteiger partial charge in [0.05, 0.1) is 5.57 Å². The quantitative estimate of drug-likeness (QED) is 0.434. The minimum Gasteiger partial charge on any atom is -0.381 e. The van der Waals surface area contributed by atoms with Crippen molar-refractivity contribution in [2.45, 2.75) is 47.0 Å². The van der Waals surface area contributed by atoms with E-state index in [-0.39, 0.29) is 11.8 Å². The summed E-state index contributed by atoms with van der Waals surface area (Å²) in [6, 6.07) is 13.6. The number of hydrogen-bond acceptors (Lipinski definition) is 4. The van der Waals surface area contributed by atoms with Crippen LogP contribution in [0.25, 0.3) is 5.57 Å². The summed E-state index contributed by atoms with van der Waals surface area (Å²) in [5.41, 5.74) is 5.64. The third kappa shape index (κ3) is 5.23. The fourth-order valence-electron chi connectivity index (χ4n) is 3.58. The summed E-state index contributed by atoms with van der Waals surface area (Å²) in [5.74, 6) is -0.537. The third-order valence-electron chi connectivity index (χ3n) is 5.69. The minimum absolute atomic E-state index is 0.254. The van der Waals surface area contributed by atoms with E-state index in [9.17, 15) is 9.59 Å². The highest BCUT2D eigenvalue weighted by atomic mass is 16.5. The van der Waals surface area contributed by atoms with Gasteiger partial charge in [-0.1, -0.05) is 55.3 Å². The molecule has 0 unspecified atom stereocenters. The Bertz CT molecular complexity index is 977. The lowest BCUT2D eigenvalue weighted by atomic mass is 10.0. The van der Waals surface area contributed by atoms with Crippen molar-refractivity contribution in [2.75, 3.05) is 25.1 Å². The zero-order valence-electron chi connectivity index (χ0n) is 19.0. The van der Waals surface area contributed by atoms with Gasteiger partial charge < -0.3 is 10.1 Å². The number of aryl methyl sites for hydroxylation is 2. The molecule has 0 spiro atoms. The number of nitrogens with zero attached hydrogens (tertiary/aromatic N) is 1. The van der Waals surface area contributed by atoms with Gasteiger partial charge in [0.2, 0.25) is 0 Å². The maximum absolute atomic E-state index is 13.3. The van der Waals surface area contributed by atoms with Gasteiger partial charge in [0.25, 0.3) is 11.8 Å². The molecule has 31 heavy (non-hydrogen) atoms. The first-order chi connectivity index (χ1) is 14.9. The first-order valence-corrected chi connectivity index (χ1v) is 11.0. The van der Waals surface area contributed by atoms with Crippen LogP contribution in [-0.2, 0) is 14.3 Å². The lowest BCUT2D eigenvalue weighted by molar-refractivity contribution is -0.137. The van der Waals surface area contributed by atoms with Crippen LogP contribution in [0, 0.1) is 20.8 Å². The average molecular weight is 421 g/mol. The number of carbonyl (C=O) groups excluding carboxylic acids is 2. The summed E-state index contributed by atoms with van der Waals surface area (Å²) < 4.78 is 5.60. The number of benzene rings is 2. The van der Waals surface area contributed by atoms with Crippen molar-refractivity contribution >= 4 is 23.1 Å². The van der Waals surface area contributed by atoms with Crippen molar-refractivity contribution in [3.63, 3.8) is 0 Å². The van der Waals surface area contributed by atoms with E-state index in [0.29, 0.717) is 37.4 Å². The Morgan fingerprint density at radius 1 is 0.903 bits per heavy atom. The number of amides is 2. The molecular formula is C26H32N2O3. The number of ether oxygens (including phenoxy) is 1. The molecular weight excluding hydrogens is 388 g/mol. The molecule has 0 aromatic heterocycles. The molecule has 1 aliphatic heterocycles. The summed E-state index contributed by atoms with van der Waals surface area (Å²) in [5, 5.41) is 3.28. The predicted octanol–water partition coefficient (Wildman–Crippen LogP) is 5.01. The zero-order chi connectivity index (χ0) is 22.4. The van der Waals surface area contributed by atoms with E-state index in [0.717, 1.165) is 40.8 Å². The van der Waals surface area contributed by atoms with Crippen LogP contribution >= 0.6 is 0 Å². The van der Waals surface area contributed by atoms with E-state index in [1.807, 2.05) is 63.2 Å². The highest BCUT2D eigenvalue weighted by molar-refractivity contribution is 6.36. The summed E-state index contributed by atoms with van der Waals surface area (Å²) in [4.78, 5) is 27.9. The Morgan fingerprint density at radius 3 is 2.32 bits per heavy atom. The molecule has 1 aliphatic rings. The molecule has 0 saturated heterocycles. The van der Waals surface area contributed by atoms with Crippen LogP contribution in [0.3, 0.4) is 0 Å². The van der Waals surface area contributed by atoms with Gasteiger partial charge in [-0.05, 0) is 56.4 Å². The smallest absolute Gasteiger partial charge is 0.278 e. The summed E-state index contributed by atoms with van der Waals surface area (Å²) in [7, 11) is 0. The Morgan fingerprint density at radius 2 is 1.61 bits per heavy atom. The predicted molar refractivity (Wildman–Crippen MR) is 125 cm³/mol. The molecule has 2 aromatic carbocycles. The van der Waals surface area contributed by atoms with Gasteiger partial charge in [-0.3, -0.25) is 14.5 Å². The standard InChI is InChI=1S/C26H32N2O3/c1-5-6-16-31-17-8-15-28-25(29)23(21-13-11-18(2)12-14-21)24(26(28)30)27-22-10-7-9-19(3)20(22)4/h7,9-14,27H,5-6,8,15-17H2,1-4H3. The molecule has 0 saturated carbocycles. The zero-order valence-corrected chi connectivity index (χ0v) is 19.0. The molecule has 164 valence electrons. The Balaban J connectivity index is 1.86. The molecule has 1 N–H and O–H groups in total. The van der Waals surface area contributed by atoms with Crippen molar-refractivity contribution in [3.05, 3.63) is 70.4 Å². The van der Waals surface area contributed by atoms with Gasteiger partial charge in [0, 0.05) is 25.4 Å². The van der Waals surface area contributed by atoms with Crippen molar-refractivity contribution in [3.8, 4) is 0 Å². The molecule has 0 bridgehead atoms. The van der Waals surface area contributed by atoms with E-state index in [2.05, 4.69) is 12.2 Å². The molecule has 1 heterocycles. The van der Waals surface area contributed by atoms with Crippen molar-refractivity contribution in [2.24, 2.45) is 0 Å². The first-order valence-electron chi connectivity index (χ1n) is 11.0. The minimum atomic E-state index is -0.282. The van der Waals surface area contributed by atoms with E-state index in [1.165, 1.54) is 4.90 Å². The number of hydrogen-bond donors (Lipinski definition) is 1. The third-order valence-corrected chi connectivity index (χ3v) is 5.69. The van der Waals surface area contributed by atoms with Crippen LogP contribution in [0.4, 0.5) is 5.69 Å². The average Bonchev–Trinajstić information content (AvgIpc) is 2.98. The summed E-state index contributed by atoms with van der Waals surface area (Å²) in [6.45, 7) is 9.75. The monoisotopic (exact) mass is 420 g/mol. The van der Waals surface area contributed by atoms with E-state index >= 15 is 0 Å². The topological polar surface area (TPSA) is 58.6 Å². The van der Waals surface area contributed by atoms with Gasteiger partial charge in [-0.15, -0.1) is 0 Å². The molecule has 0 atom stereocenters. The molecule has 3 rings (SSSR count). The molecule has 5 nitrogen and oxygen atoms in total. The second kappa shape index (κ2) is 10.4. The van der Waals surface area contributed by atoms with Crippen molar-refractivity contribution < 1.29 is 14.3 Å². The molecule has 0 radical (unpaired) electrons. The van der Waals surface area contributed by atoms with Crippen LogP contribution in [0.5, 0.6) is 0 Å². The lowest BCUT2D eigenvalue weighted by Gasteiger charge is -2.16. The number of rotatable bonds is 10. The molecule has 0 fully saturated rings. The second-order valence-electron chi connectivity index (χ2n) is 8.07. The van der Waals surface area contributed by atoms with E-state index in [4.69, 9.17) is 4.74 Å². The van der Waals surface area contributed by atoms with Gasteiger partial charge >= 0.3 is 0 Å². The number of nitrogens with one attached hydrogen (secondary N) is 1. The number of unbranched alkanes of at least 4 members (excludes halogenated alkanes) is 1. The Labute approximate surface area is 185 Å². The first kappa shape index (κ1) is 22.8. The van der Waals surface area contributed by atoms with Crippen LogP contribution in [0.1, 0.15) is 48.4 Å². The normalized spacial score (nSPS) is 14.0. The Kier molecular flexibility index (Phi) is 7.64. The molecule has 2 aromatic rings. The summed E-state index contributed by atoms with van der Waals surface area (Å²) >= 11 is 0. The Hall–Kier alpha value is -2.92. The fraction of sp³-hybridized carbons (Fsp3) is 0.385. The highest BCUT2D eigenvalue weighted by Gasteiger charge is 2.39. The molecule has 2 amide bonds. The van der Waals surface area contributed by atoms with Crippen LogP contribution in [0.2, 0.25) is 0 Å². The SMILES string of the molecule is CCCCOCCCN1C(=O)C(Nc2cccc(C)c2C)=C(c2ccc(C)cc2)C1=O. The van der Waals surface area contributed by atoms with Crippen LogP contribution in [0.15, 0.2) is 48.2 Å². The lowest BCUT2D eigenvalue weighted by Crippen LogP contribution is -2.34.